The summed E-state index contributed by atoms with van der Waals surface area (Å²) in [4.78, 5) is 18.0. The summed E-state index contributed by atoms with van der Waals surface area (Å²) < 4.78 is 24.4. The minimum atomic E-state index is -2.35. The van der Waals surface area contributed by atoms with Crippen molar-refractivity contribution >= 4 is 20.3 Å². The van der Waals surface area contributed by atoms with Crippen LogP contribution < -0.4 is 18.6 Å². The Bertz CT molecular complexity index is 1490. The number of piperazine rings is 1. The number of fused-ring (bicyclic) bond motifs is 7. The number of aliphatic hydroxyl groups is 1. The smallest absolute Gasteiger partial charge is 0.250 e. The van der Waals surface area contributed by atoms with E-state index in [2.05, 4.69) is 33.9 Å². The van der Waals surface area contributed by atoms with Gasteiger partial charge in [0.05, 0.1) is 46.1 Å². The molecule has 3 atom stereocenters. The number of likely N-dealkylation sites (N-methyl/N-ethyl adjacent to an activating group) is 1. The highest BCUT2D eigenvalue weighted by Gasteiger charge is 2.53. The van der Waals surface area contributed by atoms with Gasteiger partial charge in [0.2, 0.25) is 5.91 Å². The first-order valence-corrected chi connectivity index (χ1v) is 17.3. The molecule has 1 fully saturated rings. The van der Waals surface area contributed by atoms with Crippen molar-refractivity contribution in [2.45, 2.75) is 77.3 Å². The summed E-state index contributed by atoms with van der Waals surface area (Å²) >= 11 is 0. The van der Waals surface area contributed by atoms with E-state index in [1.54, 1.807) is 26.2 Å². The Hall–Kier alpha value is -3.21. The molecule has 0 spiro atoms. The van der Waals surface area contributed by atoms with Gasteiger partial charge in [-0.25, -0.2) is 0 Å². The van der Waals surface area contributed by atoms with Crippen LogP contribution in [0.3, 0.4) is 0 Å². The fourth-order valence-electron chi connectivity index (χ4n) is 6.61. The van der Waals surface area contributed by atoms with Crippen molar-refractivity contribution < 1.29 is 33.6 Å². The predicted molar refractivity (Wildman–Crippen MR) is 164 cm³/mol. The number of rotatable bonds is 6. The first-order chi connectivity index (χ1) is 19.6. The van der Waals surface area contributed by atoms with Crippen molar-refractivity contribution in [3.8, 4) is 28.7 Å². The third kappa shape index (κ3) is 4.13. The molecular weight excluding hydrogens is 552 g/mol. The van der Waals surface area contributed by atoms with Crippen LogP contribution >= 0.6 is 0 Å². The highest BCUT2D eigenvalue weighted by Crippen LogP contribution is 2.58. The molecule has 9 nitrogen and oxygen atoms in total. The molecule has 2 aromatic carbocycles. The van der Waals surface area contributed by atoms with E-state index >= 15 is 0 Å². The Balaban J connectivity index is 1.87. The van der Waals surface area contributed by atoms with E-state index in [0.29, 0.717) is 46.2 Å². The average Bonchev–Trinajstić information content (AvgIpc) is 2.91. The molecule has 42 heavy (non-hydrogen) atoms. The SMILES string of the molecule is COc1c(C)cc2c(c1O)[C@@H]1C3=Cc4c(O[Si](C)(C)C(C)(C)C)c(C)c(OC)c(OC)c4[C@H](CO)N3C(=O)[C@H](C2)N1C. The molecular formula is C32H44N2O7Si. The number of hydrogen-bond acceptors (Lipinski definition) is 8. The molecule has 0 aromatic heterocycles. The van der Waals surface area contributed by atoms with Gasteiger partial charge in [0.25, 0.3) is 8.32 Å². The fourth-order valence-corrected chi connectivity index (χ4v) is 7.69. The molecule has 0 radical (unpaired) electrons. The maximum Gasteiger partial charge on any atom is 0.250 e. The van der Waals surface area contributed by atoms with Gasteiger partial charge < -0.3 is 33.7 Å². The summed E-state index contributed by atoms with van der Waals surface area (Å²) in [5.74, 6) is 2.04. The largest absolute Gasteiger partial charge is 0.543 e. The molecule has 3 heterocycles. The lowest BCUT2D eigenvalue weighted by molar-refractivity contribution is -0.144. The Morgan fingerprint density at radius 1 is 1.00 bits per heavy atom. The van der Waals surface area contributed by atoms with Crippen LogP contribution in [0.5, 0.6) is 28.7 Å². The van der Waals surface area contributed by atoms with E-state index in [1.165, 1.54) is 0 Å². The zero-order valence-corrected chi connectivity index (χ0v) is 27.6. The number of nitrogens with zero attached hydrogens (tertiary/aromatic N) is 2. The van der Waals surface area contributed by atoms with Crippen LogP contribution in [0.2, 0.25) is 18.1 Å². The fraction of sp³-hybridized carbons (Fsp3) is 0.531. The average molecular weight is 597 g/mol. The molecule has 0 aliphatic carbocycles. The van der Waals surface area contributed by atoms with Gasteiger partial charge in [-0.15, -0.1) is 0 Å². The van der Waals surface area contributed by atoms with Crippen LogP contribution in [0.15, 0.2) is 11.8 Å². The van der Waals surface area contributed by atoms with Gasteiger partial charge >= 0.3 is 0 Å². The molecule has 3 aliphatic rings. The van der Waals surface area contributed by atoms with Crippen LogP contribution in [-0.4, -0.2) is 75.3 Å². The van der Waals surface area contributed by atoms with Gasteiger partial charge in [0, 0.05) is 28.0 Å². The maximum absolute atomic E-state index is 14.3. The minimum absolute atomic E-state index is 0.0746. The van der Waals surface area contributed by atoms with E-state index in [9.17, 15) is 15.0 Å². The van der Waals surface area contributed by atoms with Gasteiger partial charge in [-0.1, -0.05) is 26.8 Å². The molecule has 1 amide bonds. The lowest BCUT2D eigenvalue weighted by Crippen LogP contribution is -2.60. The summed E-state index contributed by atoms with van der Waals surface area (Å²) in [7, 11) is 4.27. The van der Waals surface area contributed by atoms with Gasteiger partial charge in [-0.2, -0.15) is 0 Å². The number of aryl methyl sites for hydroxylation is 1. The molecule has 0 unspecified atom stereocenters. The van der Waals surface area contributed by atoms with Crippen molar-refractivity contribution in [3.05, 3.63) is 45.1 Å². The molecule has 2 aromatic rings. The van der Waals surface area contributed by atoms with Crippen LogP contribution in [0.1, 0.15) is 66.2 Å². The molecule has 0 saturated carbocycles. The zero-order chi connectivity index (χ0) is 31.0. The quantitative estimate of drug-likeness (QED) is 0.437. The third-order valence-electron chi connectivity index (χ3n) is 9.78. The van der Waals surface area contributed by atoms with Gasteiger partial charge in [-0.3, -0.25) is 9.69 Å². The zero-order valence-electron chi connectivity index (χ0n) is 26.6. The molecule has 5 rings (SSSR count). The monoisotopic (exact) mass is 596 g/mol. The number of ether oxygens (including phenoxy) is 3. The molecule has 2 bridgehead atoms. The number of amides is 1. The first kappa shape index (κ1) is 30.3. The molecule has 3 aliphatic heterocycles. The van der Waals surface area contributed by atoms with Crippen LogP contribution in [-0.2, 0) is 11.2 Å². The van der Waals surface area contributed by atoms with E-state index in [4.69, 9.17) is 18.6 Å². The number of hydrogen-bond donors (Lipinski definition) is 2. The predicted octanol–water partition coefficient (Wildman–Crippen LogP) is 5.25. The van der Waals surface area contributed by atoms with Crippen LogP contribution in [0, 0.1) is 13.8 Å². The number of aliphatic hydroxyl groups excluding tert-OH is 1. The number of carbonyl (C=O) groups is 1. The Morgan fingerprint density at radius 3 is 2.17 bits per heavy atom. The summed E-state index contributed by atoms with van der Waals surface area (Å²) in [5, 5.41) is 22.4. The minimum Gasteiger partial charge on any atom is -0.543 e. The van der Waals surface area contributed by atoms with E-state index in [0.717, 1.165) is 22.3 Å². The number of phenols is 1. The summed E-state index contributed by atoms with van der Waals surface area (Å²) in [6.45, 7) is 14.4. The van der Waals surface area contributed by atoms with Crippen molar-refractivity contribution in [2.75, 3.05) is 35.0 Å². The lowest BCUT2D eigenvalue weighted by atomic mass is 9.78. The molecule has 10 heteroatoms. The highest BCUT2D eigenvalue weighted by molar-refractivity contribution is 6.74. The van der Waals surface area contributed by atoms with Crippen molar-refractivity contribution in [1.82, 2.24) is 9.80 Å². The van der Waals surface area contributed by atoms with Crippen LogP contribution in [0.4, 0.5) is 0 Å². The van der Waals surface area contributed by atoms with E-state index < -0.39 is 26.4 Å². The van der Waals surface area contributed by atoms with Gasteiger partial charge in [-0.05, 0) is 62.7 Å². The topological polar surface area (TPSA) is 101 Å². The number of phenolic OH excluding ortho intramolecular Hbond substituents is 1. The van der Waals surface area contributed by atoms with Crippen LogP contribution in [0.25, 0.3) is 6.08 Å². The Kier molecular flexibility index (Phi) is 7.35. The maximum atomic E-state index is 14.3. The molecule has 1 saturated heterocycles. The van der Waals surface area contributed by atoms with E-state index in [-0.39, 0.29) is 23.3 Å². The van der Waals surface area contributed by atoms with Crippen molar-refractivity contribution in [1.29, 1.82) is 0 Å². The highest BCUT2D eigenvalue weighted by atomic mass is 28.4. The standard InChI is InChI=1S/C32H44N2O7Si/c1-16-12-18-13-21-31(37)34-20(25(33(21)6)23(18)26(36)27(16)38-7)14-19-24(22(34)15-35)30(40-9)29(39-8)17(2)28(19)41-42(10,11)32(3,4)5/h12,14,21-22,25,35-36H,13,15H2,1-11H3/t21-,22-,25-/m0/s1. The molecule has 228 valence electrons. The molecule has 2 N–H and O–H groups in total. The second kappa shape index (κ2) is 10.2. The van der Waals surface area contributed by atoms with Gasteiger partial charge in [0.15, 0.2) is 23.0 Å². The normalized spacial score (nSPS) is 21.7. The van der Waals surface area contributed by atoms with Crippen molar-refractivity contribution in [3.63, 3.8) is 0 Å². The van der Waals surface area contributed by atoms with E-state index in [1.807, 2.05) is 37.9 Å². The number of benzene rings is 2. The summed E-state index contributed by atoms with van der Waals surface area (Å²) in [6.07, 6.45) is 2.41. The summed E-state index contributed by atoms with van der Waals surface area (Å²) in [5.41, 5.74) is 5.31. The third-order valence-corrected chi connectivity index (χ3v) is 14.1. The van der Waals surface area contributed by atoms with Crippen molar-refractivity contribution in [2.24, 2.45) is 0 Å². The Morgan fingerprint density at radius 2 is 1.62 bits per heavy atom. The lowest BCUT2D eigenvalue weighted by Gasteiger charge is -2.53. The summed E-state index contributed by atoms with van der Waals surface area (Å²) in [6, 6.07) is 0.341. The second-order valence-corrected chi connectivity index (χ2v) is 17.8. The second-order valence-electron chi connectivity index (χ2n) is 13.1. The number of carbonyl (C=O) groups excluding carboxylic acids is 1. The number of aromatic hydroxyl groups is 1. The van der Waals surface area contributed by atoms with Gasteiger partial charge in [0.1, 0.15) is 5.75 Å². The first-order valence-electron chi connectivity index (χ1n) is 14.4. The number of methoxy groups -OCH3 is 3. The Labute approximate surface area is 249 Å².